The van der Waals surface area contributed by atoms with E-state index in [1.165, 1.54) is 0 Å². The maximum atomic E-state index is 12.1. The number of anilines is 1. The fraction of sp³-hybridized carbons (Fsp3) is 0.417. The summed E-state index contributed by atoms with van der Waals surface area (Å²) >= 11 is 3.81. The number of thiophene rings is 1. The van der Waals surface area contributed by atoms with Gasteiger partial charge in [-0.2, -0.15) is 0 Å². The zero-order valence-electron chi connectivity index (χ0n) is 10.2. The first-order valence-corrected chi connectivity index (χ1v) is 7.15. The Morgan fingerprint density at radius 1 is 1.65 bits per heavy atom. The highest BCUT2D eigenvalue weighted by Gasteiger charge is 2.24. The molecular formula is C12H16INO2S. The van der Waals surface area contributed by atoms with Gasteiger partial charge in [-0.1, -0.05) is 6.08 Å². The van der Waals surface area contributed by atoms with E-state index in [1.807, 2.05) is 32.2 Å². The topological polar surface area (TPSA) is 29.5 Å². The molecule has 0 fully saturated rings. The van der Waals surface area contributed by atoms with Crippen LogP contribution in [-0.4, -0.2) is 18.2 Å². The Labute approximate surface area is 120 Å². The minimum Gasteiger partial charge on any atom is -0.443 e. The summed E-state index contributed by atoms with van der Waals surface area (Å²) in [5.41, 5.74) is 0.391. The van der Waals surface area contributed by atoms with E-state index < -0.39 is 5.60 Å². The first-order valence-electron chi connectivity index (χ1n) is 5.19. The van der Waals surface area contributed by atoms with Crippen LogP contribution in [0.25, 0.3) is 0 Å². The molecule has 0 saturated carbocycles. The molecule has 1 rings (SSSR count). The molecule has 5 heteroatoms. The Balaban J connectivity index is 2.90. The van der Waals surface area contributed by atoms with Crippen molar-refractivity contribution in [1.82, 2.24) is 0 Å². The van der Waals surface area contributed by atoms with E-state index >= 15 is 0 Å². The number of ether oxygens (including phenoxy) is 1. The van der Waals surface area contributed by atoms with Gasteiger partial charge in [-0.3, -0.25) is 4.90 Å². The zero-order chi connectivity index (χ0) is 13.1. The highest BCUT2D eigenvalue weighted by atomic mass is 127. The number of carbonyl (C=O) groups excluding carboxylic acids is 1. The van der Waals surface area contributed by atoms with Crippen LogP contribution in [0.2, 0.25) is 0 Å². The fourth-order valence-electron chi connectivity index (χ4n) is 1.20. The fourth-order valence-corrected chi connectivity index (χ4v) is 2.72. The molecule has 0 spiro atoms. The molecule has 94 valence electrons. The van der Waals surface area contributed by atoms with Gasteiger partial charge in [0.1, 0.15) is 5.60 Å². The lowest BCUT2D eigenvalue weighted by Crippen LogP contribution is -2.37. The van der Waals surface area contributed by atoms with E-state index in [-0.39, 0.29) is 6.09 Å². The standard InChI is InChI=1S/C12H16INO2S/c1-5-7-14(9-6-8-17-10(9)13)11(15)16-12(2,3)4/h5-6,8H,1,7H2,2-4H3. The molecule has 1 aromatic rings. The van der Waals surface area contributed by atoms with Gasteiger partial charge < -0.3 is 4.74 Å². The molecule has 0 radical (unpaired) electrons. The molecule has 0 saturated heterocycles. The summed E-state index contributed by atoms with van der Waals surface area (Å²) in [5.74, 6) is 0. The van der Waals surface area contributed by atoms with Crippen LogP contribution in [0.5, 0.6) is 0 Å². The van der Waals surface area contributed by atoms with Gasteiger partial charge in [0.15, 0.2) is 0 Å². The first kappa shape index (κ1) is 14.5. The van der Waals surface area contributed by atoms with Crippen molar-refractivity contribution in [3.05, 3.63) is 27.0 Å². The lowest BCUT2D eigenvalue weighted by Gasteiger charge is -2.26. The molecule has 3 nitrogen and oxygen atoms in total. The second-order valence-corrected chi connectivity index (χ2v) is 7.19. The van der Waals surface area contributed by atoms with Crippen LogP contribution in [0.4, 0.5) is 10.5 Å². The van der Waals surface area contributed by atoms with Gasteiger partial charge in [-0.15, -0.1) is 17.9 Å². The molecule has 0 unspecified atom stereocenters. The summed E-state index contributed by atoms with van der Waals surface area (Å²) in [5, 5.41) is 1.96. The van der Waals surface area contributed by atoms with Crippen LogP contribution < -0.4 is 4.90 Å². The highest BCUT2D eigenvalue weighted by Crippen LogP contribution is 2.28. The third-order valence-corrected chi connectivity index (χ3v) is 3.82. The van der Waals surface area contributed by atoms with Gasteiger partial charge in [0.05, 0.1) is 8.57 Å². The molecule has 1 amide bonds. The third-order valence-electron chi connectivity index (χ3n) is 1.82. The predicted octanol–water partition coefficient (Wildman–Crippen LogP) is 4.28. The van der Waals surface area contributed by atoms with Crippen molar-refractivity contribution in [2.24, 2.45) is 0 Å². The second kappa shape index (κ2) is 5.86. The predicted molar refractivity (Wildman–Crippen MR) is 80.8 cm³/mol. The van der Waals surface area contributed by atoms with Crippen molar-refractivity contribution in [3.8, 4) is 0 Å². The molecule has 1 aromatic heterocycles. The minimum atomic E-state index is -0.488. The number of nitrogens with zero attached hydrogens (tertiary/aromatic N) is 1. The second-order valence-electron chi connectivity index (χ2n) is 4.46. The van der Waals surface area contributed by atoms with Gasteiger partial charge in [0, 0.05) is 6.54 Å². The number of hydrogen-bond donors (Lipinski definition) is 0. The number of amides is 1. The summed E-state index contributed by atoms with van der Waals surface area (Å²) in [6.45, 7) is 9.69. The monoisotopic (exact) mass is 365 g/mol. The average molecular weight is 365 g/mol. The summed E-state index contributed by atoms with van der Waals surface area (Å²) in [4.78, 5) is 13.7. The van der Waals surface area contributed by atoms with Crippen molar-refractivity contribution >= 4 is 45.7 Å². The van der Waals surface area contributed by atoms with Crippen molar-refractivity contribution in [2.45, 2.75) is 26.4 Å². The van der Waals surface area contributed by atoms with Crippen LogP contribution in [0.15, 0.2) is 24.1 Å². The molecule has 1 heterocycles. The normalized spacial score (nSPS) is 11.1. The Kier molecular flexibility index (Phi) is 5.00. The average Bonchev–Trinajstić information content (AvgIpc) is 2.58. The Morgan fingerprint density at radius 3 is 2.71 bits per heavy atom. The van der Waals surface area contributed by atoms with E-state index in [9.17, 15) is 4.79 Å². The van der Waals surface area contributed by atoms with E-state index in [0.29, 0.717) is 6.54 Å². The van der Waals surface area contributed by atoms with Crippen LogP contribution >= 0.6 is 33.9 Å². The lowest BCUT2D eigenvalue weighted by atomic mass is 10.2. The Bertz CT molecular complexity index is 409. The number of hydrogen-bond acceptors (Lipinski definition) is 3. The van der Waals surface area contributed by atoms with Gasteiger partial charge in [-0.25, -0.2) is 4.79 Å². The lowest BCUT2D eigenvalue weighted by molar-refractivity contribution is 0.0584. The zero-order valence-corrected chi connectivity index (χ0v) is 13.2. The van der Waals surface area contributed by atoms with Crippen molar-refractivity contribution in [2.75, 3.05) is 11.4 Å². The summed E-state index contributed by atoms with van der Waals surface area (Å²) in [7, 11) is 0. The molecule has 0 aliphatic rings. The summed E-state index contributed by atoms with van der Waals surface area (Å²) in [6.07, 6.45) is 1.35. The largest absolute Gasteiger partial charge is 0.443 e. The Morgan fingerprint density at radius 2 is 2.29 bits per heavy atom. The third kappa shape index (κ3) is 4.31. The molecule has 0 atom stereocenters. The summed E-state index contributed by atoms with van der Waals surface area (Å²) < 4.78 is 6.44. The van der Waals surface area contributed by atoms with Crippen molar-refractivity contribution in [3.63, 3.8) is 0 Å². The van der Waals surface area contributed by atoms with E-state index in [2.05, 4.69) is 29.2 Å². The number of halogens is 1. The van der Waals surface area contributed by atoms with Gasteiger partial charge in [-0.05, 0) is 54.8 Å². The van der Waals surface area contributed by atoms with Crippen LogP contribution in [0.3, 0.4) is 0 Å². The summed E-state index contributed by atoms with van der Waals surface area (Å²) in [6, 6.07) is 1.92. The van der Waals surface area contributed by atoms with Gasteiger partial charge >= 0.3 is 6.09 Å². The van der Waals surface area contributed by atoms with Crippen LogP contribution in [0.1, 0.15) is 20.8 Å². The molecule has 17 heavy (non-hydrogen) atoms. The molecular weight excluding hydrogens is 349 g/mol. The molecule has 0 aliphatic heterocycles. The molecule has 0 N–H and O–H groups in total. The highest BCUT2D eigenvalue weighted by molar-refractivity contribution is 14.1. The van der Waals surface area contributed by atoms with Crippen molar-refractivity contribution < 1.29 is 9.53 Å². The maximum absolute atomic E-state index is 12.1. The van der Waals surface area contributed by atoms with Crippen LogP contribution in [-0.2, 0) is 4.74 Å². The molecule has 0 aromatic carbocycles. The van der Waals surface area contributed by atoms with E-state index in [4.69, 9.17) is 4.74 Å². The van der Waals surface area contributed by atoms with Gasteiger partial charge in [0.2, 0.25) is 0 Å². The van der Waals surface area contributed by atoms with Crippen LogP contribution in [0, 0.1) is 2.88 Å². The molecule has 0 bridgehead atoms. The van der Waals surface area contributed by atoms with Crippen molar-refractivity contribution in [1.29, 1.82) is 0 Å². The first-order chi connectivity index (χ1) is 7.85. The molecule has 0 aliphatic carbocycles. The smallest absolute Gasteiger partial charge is 0.415 e. The van der Waals surface area contributed by atoms with E-state index in [0.717, 1.165) is 8.57 Å². The number of carbonyl (C=O) groups is 1. The Hall–Kier alpha value is -0.560. The minimum absolute atomic E-state index is 0.339. The SMILES string of the molecule is C=CCN(C(=O)OC(C)(C)C)c1ccsc1I. The quantitative estimate of drug-likeness (QED) is 0.591. The van der Waals surface area contributed by atoms with Gasteiger partial charge in [0.25, 0.3) is 0 Å². The number of rotatable bonds is 3. The maximum Gasteiger partial charge on any atom is 0.415 e. The van der Waals surface area contributed by atoms with E-state index in [1.54, 1.807) is 22.3 Å².